The van der Waals surface area contributed by atoms with Gasteiger partial charge in [0.05, 0.1) is 6.21 Å². The van der Waals surface area contributed by atoms with E-state index in [9.17, 15) is 4.79 Å². The summed E-state index contributed by atoms with van der Waals surface area (Å²) in [6.45, 7) is 0.472. The van der Waals surface area contributed by atoms with E-state index in [1.54, 1.807) is 30.5 Å². The molecule has 1 N–H and O–H groups in total. The van der Waals surface area contributed by atoms with Crippen LogP contribution >= 0.6 is 15.9 Å². The van der Waals surface area contributed by atoms with E-state index >= 15 is 0 Å². The predicted molar refractivity (Wildman–Crippen MR) is 106 cm³/mol. The van der Waals surface area contributed by atoms with Gasteiger partial charge in [0.15, 0.2) is 0 Å². The minimum absolute atomic E-state index is 0.267. The first-order chi connectivity index (χ1) is 12.7. The van der Waals surface area contributed by atoms with E-state index in [4.69, 9.17) is 4.74 Å². The number of ether oxygens (including phenoxy) is 1. The number of carbonyl (C=O) groups is 1. The van der Waals surface area contributed by atoms with Crippen molar-refractivity contribution in [3.05, 3.63) is 100 Å². The van der Waals surface area contributed by atoms with Gasteiger partial charge in [-0.25, -0.2) is 5.43 Å². The van der Waals surface area contributed by atoms with E-state index < -0.39 is 0 Å². The molecule has 3 aromatic rings. The molecular formula is C21H17BrN2O2. The van der Waals surface area contributed by atoms with Gasteiger partial charge in [0.2, 0.25) is 0 Å². The molecule has 3 rings (SSSR count). The molecule has 0 saturated carbocycles. The van der Waals surface area contributed by atoms with Crippen molar-refractivity contribution >= 4 is 28.1 Å². The van der Waals surface area contributed by atoms with Gasteiger partial charge in [0.1, 0.15) is 12.4 Å². The quantitative estimate of drug-likeness (QED) is 0.470. The molecule has 0 saturated heterocycles. The van der Waals surface area contributed by atoms with Crippen molar-refractivity contribution in [2.75, 3.05) is 0 Å². The number of halogens is 1. The highest BCUT2D eigenvalue weighted by molar-refractivity contribution is 9.10. The average Bonchev–Trinajstić information content (AvgIpc) is 2.69. The fraction of sp³-hybridized carbons (Fsp3) is 0.0476. The Balaban J connectivity index is 1.52. The summed E-state index contributed by atoms with van der Waals surface area (Å²) in [4.78, 5) is 12.1. The van der Waals surface area contributed by atoms with E-state index in [1.807, 2.05) is 54.6 Å². The van der Waals surface area contributed by atoms with Gasteiger partial charge in [-0.05, 0) is 47.5 Å². The Morgan fingerprint density at radius 1 is 0.962 bits per heavy atom. The number of hydrogen-bond acceptors (Lipinski definition) is 3. The van der Waals surface area contributed by atoms with Crippen LogP contribution in [0.15, 0.2) is 88.4 Å². The topological polar surface area (TPSA) is 50.7 Å². The number of nitrogens with one attached hydrogen (secondary N) is 1. The number of amides is 1. The lowest BCUT2D eigenvalue weighted by molar-refractivity contribution is 0.0955. The van der Waals surface area contributed by atoms with Crippen LogP contribution in [0.2, 0.25) is 0 Å². The molecule has 0 radical (unpaired) electrons. The van der Waals surface area contributed by atoms with Gasteiger partial charge in [-0.2, -0.15) is 5.10 Å². The van der Waals surface area contributed by atoms with E-state index in [0.717, 1.165) is 15.6 Å². The molecule has 0 unspecified atom stereocenters. The average molecular weight is 409 g/mol. The van der Waals surface area contributed by atoms with Gasteiger partial charge < -0.3 is 4.74 Å². The molecule has 26 heavy (non-hydrogen) atoms. The molecule has 0 aliphatic carbocycles. The molecule has 0 atom stereocenters. The fourth-order valence-electron chi connectivity index (χ4n) is 2.22. The molecule has 0 aliphatic rings. The molecular weight excluding hydrogens is 392 g/mol. The molecule has 130 valence electrons. The van der Waals surface area contributed by atoms with Gasteiger partial charge in [0, 0.05) is 10.0 Å². The molecule has 0 bridgehead atoms. The van der Waals surface area contributed by atoms with Crippen LogP contribution in [0.25, 0.3) is 0 Å². The molecule has 0 fully saturated rings. The lowest BCUT2D eigenvalue weighted by atomic mass is 10.2. The largest absolute Gasteiger partial charge is 0.489 e. The van der Waals surface area contributed by atoms with Crippen LogP contribution in [0, 0.1) is 0 Å². The summed E-state index contributed by atoms with van der Waals surface area (Å²) in [5.41, 5.74) is 5.03. The molecule has 0 spiro atoms. The molecule has 4 nitrogen and oxygen atoms in total. The van der Waals surface area contributed by atoms with Gasteiger partial charge in [-0.15, -0.1) is 0 Å². The summed E-state index contributed by atoms with van der Waals surface area (Å²) in [7, 11) is 0. The Hall–Kier alpha value is -2.92. The summed E-state index contributed by atoms with van der Waals surface area (Å²) in [5.74, 6) is 0.439. The number of hydrazone groups is 1. The summed E-state index contributed by atoms with van der Waals surface area (Å²) in [6, 6.07) is 24.5. The third-order valence-electron chi connectivity index (χ3n) is 3.61. The maximum Gasteiger partial charge on any atom is 0.271 e. The lowest BCUT2D eigenvalue weighted by Gasteiger charge is -2.07. The van der Waals surface area contributed by atoms with E-state index in [2.05, 4.69) is 26.5 Å². The van der Waals surface area contributed by atoms with Crippen LogP contribution in [0.1, 0.15) is 21.5 Å². The SMILES string of the molecule is O=C(N/N=C\c1ccccc1)c1ccc(OCc2ccc(Br)cc2)cc1. The summed E-state index contributed by atoms with van der Waals surface area (Å²) in [6.07, 6.45) is 1.60. The number of nitrogens with zero attached hydrogens (tertiary/aromatic N) is 1. The number of carbonyl (C=O) groups excluding carboxylic acids is 1. The second-order valence-electron chi connectivity index (χ2n) is 5.55. The van der Waals surface area contributed by atoms with Crippen molar-refractivity contribution < 1.29 is 9.53 Å². The first kappa shape index (κ1) is 17.9. The second kappa shape index (κ2) is 8.97. The third-order valence-corrected chi connectivity index (χ3v) is 4.14. The number of benzene rings is 3. The zero-order valence-electron chi connectivity index (χ0n) is 13.9. The van der Waals surface area contributed by atoms with Crippen molar-refractivity contribution in [2.24, 2.45) is 5.10 Å². The molecule has 0 heterocycles. The molecule has 0 aliphatic heterocycles. The minimum atomic E-state index is -0.267. The molecule has 0 aromatic heterocycles. The Morgan fingerprint density at radius 2 is 1.65 bits per heavy atom. The van der Waals surface area contributed by atoms with Crippen LogP contribution in [-0.2, 0) is 6.61 Å². The summed E-state index contributed by atoms with van der Waals surface area (Å²) >= 11 is 3.41. The van der Waals surface area contributed by atoms with Crippen molar-refractivity contribution in [2.45, 2.75) is 6.61 Å². The molecule has 5 heteroatoms. The van der Waals surface area contributed by atoms with E-state index in [0.29, 0.717) is 17.9 Å². The highest BCUT2D eigenvalue weighted by Gasteiger charge is 2.04. The van der Waals surface area contributed by atoms with Crippen molar-refractivity contribution in [1.29, 1.82) is 0 Å². The van der Waals surface area contributed by atoms with Gasteiger partial charge >= 0.3 is 0 Å². The van der Waals surface area contributed by atoms with E-state index in [1.165, 1.54) is 0 Å². The zero-order valence-corrected chi connectivity index (χ0v) is 15.5. The van der Waals surface area contributed by atoms with Crippen molar-refractivity contribution in [1.82, 2.24) is 5.43 Å². The monoisotopic (exact) mass is 408 g/mol. The Labute approximate surface area is 160 Å². The normalized spacial score (nSPS) is 10.7. The Morgan fingerprint density at radius 3 is 2.35 bits per heavy atom. The highest BCUT2D eigenvalue weighted by Crippen LogP contribution is 2.16. The summed E-state index contributed by atoms with van der Waals surface area (Å²) < 4.78 is 6.76. The first-order valence-electron chi connectivity index (χ1n) is 8.06. The summed E-state index contributed by atoms with van der Waals surface area (Å²) in [5, 5.41) is 3.96. The van der Waals surface area contributed by atoms with Gasteiger partial charge in [0.25, 0.3) is 5.91 Å². The van der Waals surface area contributed by atoms with E-state index in [-0.39, 0.29) is 5.91 Å². The van der Waals surface area contributed by atoms with Crippen LogP contribution in [-0.4, -0.2) is 12.1 Å². The maximum atomic E-state index is 12.1. The second-order valence-corrected chi connectivity index (χ2v) is 6.47. The van der Waals surface area contributed by atoms with Crippen LogP contribution in [0.4, 0.5) is 0 Å². The predicted octanol–water partition coefficient (Wildman–Crippen LogP) is 4.79. The van der Waals surface area contributed by atoms with Crippen molar-refractivity contribution in [3.8, 4) is 5.75 Å². The van der Waals surface area contributed by atoms with Crippen LogP contribution in [0.5, 0.6) is 5.75 Å². The smallest absolute Gasteiger partial charge is 0.271 e. The Kier molecular flexibility index (Phi) is 6.17. The van der Waals surface area contributed by atoms with Gasteiger partial charge in [-0.3, -0.25) is 4.79 Å². The van der Waals surface area contributed by atoms with Crippen LogP contribution in [0.3, 0.4) is 0 Å². The molecule has 1 amide bonds. The fourth-order valence-corrected chi connectivity index (χ4v) is 2.48. The minimum Gasteiger partial charge on any atom is -0.489 e. The number of hydrogen-bond donors (Lipinski definition) is 1. The van der Waals surface area contributed by atoms with Crippen molar-refractivity contribution in [3.63, 3.8) is 0 Å². The molecule has 3 aromatic carbocycles. The third kappa shape index (κ3) is 5.29. The zero-order chi connectivity index (χ0) is 18.2. The Bertz CT molecular complexity index is 876. The van der Waals surface area contributed by atoms with Gasteiger partial charge in [-0.1, -0.05) is 58.4 Å². The first-order valence-corrected chi connectivity index (χ1v) is 8.86. The highest BCUT2D eigenvalue weighted by atomic mass is 79.9. The van der Waals surface area contributed by atoms with Crippen LogP contribution < -0.4 is 10.2 Å². The standard InChI is InChI=1S/C21H17BrN2O2/c22-19-10-6-17(7-11-19)15-26-20-12-8-18(9-13-20)21(25)24-23-14-16-4-2-1-3-5-16/h1-14H,15H2,(H,24,25)/b23-14-. The number of rotatable bonds is 6. The maximum absolute atomic E-state index is 12.1. The lowest BCUT2D eigenvalue weighted by Crippen LogP contribution is -2.17.